The molecule has 9 heteroatoms. The molecule has 2 heterocycles. The van der Waals surface area contributed by atoms with Gasteiger partial charge >= 0.3 is 0 Å². The minimum atomic E-state index is -0.652. The molecule has 0 spiro atoms. The van der Waals surface area contributed by atoms with Crippen molar-refractivity contribution in [1.82, 2.24) is 9.38 Å². The van der Waals surface area contributed by atoms with Gasteiger partial charge in [0.15, 0.2) is 0 Å². The normalized spacial score (nSPS) is 10.8. The van der Waals surface area contributed by atoms with Crippen LogP contribution >= 0.6 is 11.8 Å². The molecule has 0 fully saturated rings. The van der Waals surface area contributed by atoms with Gasteiger partial charge in [-0.2, -0.15) is 0 Å². The van der Waals surface area contributed by atoms with Gasteiger partial charge in [-0.3, -0.25) is 24.6 Å². The molecule has 0 aliphatic rings. The van der Waals surface area contributed by atoms with E-state index >= 15 is 0 Å². The lowest BCUT2D eigenvalue weighted by Gasteiger charge is -2.04. The predicted molar refractivity (Wildman–Crippen MR) is 83.8 cm³/mol. The van der Waals surface area contributed by atoms with E-state index in [2.05, 4.69) is 4.98 Å². The second-order valence-corrected chi connectivity index (χ2v) is 5.73. The van der Waals surface area contributed by atoms with Crippen LogP contribution in [0.25, 0.3) is 5.65 Å². The van der Waals surface area contributed by atoms with E-state index in [1.54, 1.807) is 0 Å². The van der Waals surface area contributed by atoms with Crippen LogP contribution in [0.2, 0.25) is 0 Å². The van der Waals surface area contributed by atoms with Crippen molar-refractivity contribution in [3.63, 3.8) is 0 Å². The highest BCUT2D eigenvalue weighted by Gasteiger charge is 2.22. The number of non-ortho nitro benzene ring substituents is 1. The molecule has 0 unspecified atom stereocenters. The van der Waals surface area contributed by atoms with E-state index < -0.39 is 9.85 Å². The molecule has 0 aliphatic heterocycles. The summed E-state index contributed by atoms with van der Waals surface area (Å²) in [6.07, 6.45) is 1.81. The summed E-state index contributed by atoms with van der Waals surface area (Å²) in [7, 11) is 0. The fourth-order valence-corrected chi connectivity index (χ4v) is 3.19. The quantitative estimate of drug-likeness (QED) is 0.534. The molecule has 0 atom stereocenters. The van der Waals surface area contributed by atoms with Gasteiger partial charge in [-0.1, -0.05) is 17.8 Å². The molecule has 3 aromatic rings. The molecule has 23 heavy (non-hydrogen) atoms. The van der Waals surface area contributed by atoms with Crippen LogP contribution in [0.15, 0.2) is 52.5 Å². The van der Waals surface area contributed by atoms with Gasteiger partial charge in [-0.05, 0) is 25.1 Å². The average molecular weight is 330 g/mol. The minimum Gasteiger partial charge on any atom is -0.294 e. The van der Waals surface area contributed by atoms with Crippen LogP contribution in [0.3, 0.4) is 0 Å². The van der Waals surface area contributed by atoms with Gasteiger partial charge in [0.2, 0.25) is 0 Å². The van der Waals surface area contributed by atoms with Crippen molar-refractivity contribution in [2.24, 2.45) is 0 Å². The predicted octanol–water partition coefficient (Wildman–Crippen LogP) is 3.61. The highest BCUT2D eigenvalue weighted by atomic mass is 32.2. The first-order chi connectivity index (χ1) is 11.0. The third kappa shape index (κ3) is 2.73. The third-order valence-electron chi connectivity index (χ3n) is 3.21. The minimum absolute atomic E-state index is 0.297. The molecule has 8 nitrogen and oxygen atoms in total. The van der Waals surface area contributed by atoms with Crippen LogP contribution in [0.1, 0.15) is 5.69 Å². The van der Waals surface area contributed by atoms with Gasteiger partial charge in [-0.25, -0.2) is 4.98 Å². The number of nitrogens with zero attached hydrogens (tertiary/aromatic N) is 4. The zero-order valence-corrected chi connectivity index (χ0v) is 12.7. The second-order valence-electron chi connectivity index (χ2n) is 4.70. The van der Waals surface area contributed by atoms with Gasteiger partial charge in [0.05, 0.1) is 26.5 Å². The first-order valence-corrected chi connectivity index (χ1v) is 7.33. The maximum absolute atomic E-state index is 11.2. The van der Waals surface area contributed by atoms with E-state index in [0.717, 1.165) is 34.2 Å². The number of nitro groups is 2. The summed E-state index contributed by atoms with van der Waals surface area (Å²) in [5.74, 6) is 0. The summed E-state index contributed by atoms with van der Waals surface area (Å²) in [6.45, 7) is 1.81. The zero-order valence-electron chi connectivity index (χ0n) is 11.9. The number of aryl methyl sites for hydroxylation is 1. The molecule has 0 N–H and O–H groups in total. The third-order valence-corrected chi connectivity index (χ3v) is 4.46. The van der Waals surface area contributed by atoms with Gasteiger partial charge in [0.25, 0.3) is 11.4 Å². The SMILES string of the molecule is Cc1nc2ccccn2c1Sc1ccc([N+](=O)[O-])cc1[N+](=O)[O-]. The van der Waals surface area contributed by atoms with E-state index in [9.17, 15) is 20.2 Å². The van der Waals surface area contributed by atoms with Crippen LogP contribution in [-0.2, 0) is 0 Å². The lowest BCUT2D eigenvalue weighted by Crippen LogP contribution is -1.95. The van der Waals surface area contributed by atoms with Crippen molar-refractivity contribution in [2.75, 3.05) is 0 Å². The Hall–Kier alpha value is -2.94. The Labute approximate surface area is 134 Å². The Morgan fingerprint density at radius 1 is 1.13 bits per heavy atom. The number of pyridine rings is 1. The first-order valence-electron chi connectivity index (χ1n) is 6.52. The second kappa shape index (κ2) is 5.69. The summed E-state index contributed by atoms with van der Waals surface area (Å²) >= 11 is 1.16. The molecule has 0 amide bonds. The molecule has 1 aromatic carbocycles. The molecule has 0 aliphatic carbocycles. The maximum atomic E-state index is 11.2. The van der Waals surface area contributed by atoms with E-state index in [-0.39, 0.29) is 11.4 Å². The van der Waals surface area contributed by atoms with Crippen LogP contribution in [-0.4, -0.2) is 19.2 Å². The molecular weight excluding hydrogens is 320 g/mol. The number of imidazole rings is 1. The number of hydrogen-bond acceptors (Lipinski definition) is 6. The van der Waals surface area contributed by atoms with E-state index in [0.29, 0.717) is 4.90 Å². The highest BCUT2D eigenvalue weighted by molar-refractivity contribution is 7.99. The summed E-state index contributed by atoms with van der Waals surface area (Å²) in [6, 6.07) is 9.14. The molecule has 0 saturated heterocycles. The lowest BCUT2D eigenvalue weighted by molar-refractivity contribution is -0.396. The number of hydrogen-bond donors (Lipinski definition) is 0. The van der Waals surface area contributed by atoms with Crippen molar-refractivity contribution in [2.45, 2.75) is 16.8 Å². The van der Waals surface area contributed by atoms with Gasteiger partial charge in [0, 0.05) is 12.3 Å². The Morgan fingerprint density at radius 2 is 1.91 bits per heavy atom. The van der Waals surface area contributed by atoms with E-state index in [1.807, 2.05) is 35.7 Å². The fourth-order valence-electron chi connectivity index (χ4n) is 2.17. The lowest BCUT2D eigenvalue weighted by atomic mass is 10.3. The standard InChI is InChI=1S/C14H10N4O4S/c1-9-14(16-7-3-2-4-13(16)15-9)23-12-6-5-10(17(19)20)8-11(12)18(21)22/h2-8H,1H3. The van der Waals surface area contributed by atoms with Crippen LogP contribution < -0.4 is 0 Å². The summed E-state index contributed by atoms with van der Waals surface area (Å²) < 4.78 is 1.82. The average Bonchev–Trinajstić information content (AvgIpc) is 2.83. The zero-order chi connectivity index (χ0) is 16.6. The molecule has 0 bridgehead atoms. The monoisotopic (exact) mass is 330 g/mol. The number of aromatic nitrogens is 2. The van der Waals surface area contributed by atoms with Crippen molar-refractivity contribution < 1.29 is 9.85 Å². The Bertz CT molecular complexity index is 938. The van der Waals surface area contributed by atoms with Gasteiger partial charge in [0.1, 0.15) is 10.7 Å². The Kier molecular flexibility index (Phi) is 3.70. The number of rotatable bonds is 4. The van der Waals surface area contributed by atoms with Crippen molar-refractivity contribution in [3.8, 4) is 0 Å². The van der Waals surface area contributed by atoms with Crippen molar-refractivity contribution >= 4 is 28.8 Å². The fraction of sp³-hybridized carbons (Fsp3) is 0.0714. The summed E-state index contributed by atoms with van der Waals surface area (Å²) in [5, 5.41) is 22.7. The number of benzene rings is 1. The Morgan fingerprint density at radius 3 is 2.61 bits per heavy atom. The Balaban J connectivity index is 2.10. The van der Waals surface area contributed by atoms with Crippen molar-refractivity contribution in [3.05, 3.63) is 68.5 Å². The molecule has 116 valence electrons. The van der Waals surface area contributed by atoms with Gasteiger partial charge in [-0.15, -0.1) is 0 Å². The maximum Gasteiger partial charge on any atom is 0.290 e. The topological polar surface area (TPSA) is 104 Å². The molecular formula is C14H10N4O4S. The van der Waals surface area contributed by atoms with Crippen LogP contribution in [0, 0.1) is 27.2 Å². The molecule has 3 rings (SSSR count). The van der Waals surface area contributed by atoms with Crippen molar-refractivity contribution in [1.29, 1.82) is 0 Å². The smallest absolute Gasteiger partial charge is 0.290 e. The molecule has 0 saturated carbocycles. The summed E-state index contributed by atoms with van der Waals surface area (Å²) in [4.78, 5) is 25.5. The molecule has 0 radical (unpaired) electrons. The number of fused-ring (bicyclic) bond motifs is 1. The summed E-state index contributed by atoms with van der Waals surface area (Å²) in [5.41, 5.74) is 0.858. The van der Waals surface area contributed by atoms with Gasteiger partial charge < -0.3 is 0 Å². The van der Waals surface area contributed by atoms with E-state index in [1.165, 1.54) is 12.1 Å². The largest absolute Gasteiger partial charge is 0.294 e. The highest BCUT2D eigenvalue weighted by Crippen LogP contribution is 2.38. The van der Waals surface area contributed by atoms with Crippen LogP contribution in [0.4, 0.5) is 11.4 Å². The van der Waals surface area contributed by atoms with Crippen LogP contribution in [0.5, 0.6) is 0 Å². The van der Waals surface area contributed by atoms with E-state index in [4.69, 9.17) is 0 Å². The first kappa shape index (κ1) is 15.0. The number of nitro benzene ring substituents is 2. The molecule has 2 aromatic heterocycles.